The first-order valence-corrected chi connectivity index (χ1v) is 6.41. The molecule has 1 heterocycles. The van der Waals surface area contributed by atoms with E-state index in [-0.39, 0.29) is 17.3 Å². The first-order valence-electron chi connectivity index (χ1n) is 6.41. The number of benzene rings is 2. The van der Waals surface area contributed by atoms with Crippen LogP contribution in [-0.2, 0) is 0 Å². The number of rotatable bonds is 3. The molecule has 2 aromatic carbocycles. The molecule has 3 rings (SSSR count). The van der Waals surface area contributed by atoms with Gasteiger partial charge in [0.15, 0.2) is 5.69 Å². The second-order valence-electron chi connectivity index (χ2n) is 4.48. The van der Waals surface area contributed by atoms with Gasteiger partial charge in [0.05, 0.1) is 5.69 Å². The fraction of sp³-hybridized carbons (Fsp3) is 0. The predicted molar refractivity (Wildman–Crippen MR) is 76.3 cm³/mol. The Labute approximate surface area is 124 Å². The van der Waals surface area contributed by atoms with Crippen LogP contribution in [0.3, 0.4) is 0 Å². The minimum absolute atomic E-state index is 0.00239. The summed E-state index contributed by atoms with van der Waals surface area (Å²) in [6.07, 6.45) is 1.18. The number of hydrogen-bond acceptors (Lipinski definition) is 3. The molecule has 0 spiro atoms. The van der Waals surface area contributed by atoms with Crippen LogP contribution in [0, 0.1) is 11.6 Å². The fourth-order valence-corrected chi connectivity index (χ4v) is 1.87. The summed E-state index contributed by atoms with van der Waals surface area (Å²) in [5.41, 5.74) is 0.591. The van der Waals surface area contributed by atoms with E-state index in [0.29, 0.717) is 6.07 Å². The van der Waals surface area contributed by atoms with Crippen LogP contribution in [0.25, 0.3) is 11.5 Å². The van der Waals surface area contributed by atoms with E-state index in [1.54, 1.807) is 12.1 Å². The average Bonchev–Trinajstić information content (AvgIpc) is 3.01. The van der Waals surface area contributed by atoms with Gasteiger partial charge in [0.1, 0.15) is 17.9 Å². The molecule has 1 N–H and O–H groups in total. The number of carbonyl (C=O) groups is 1. The number of oxazole rings is 1. The number of carbonyl (C=O) groups excluding carboxylic acids is 1. The minimum Gasteiger partial charge on any atom is -0.444 e. The van der Waals surface area contributed by atoms with Crippen molar-refractivity contribution in [2.45, 2.75) is 0 Å². The molecule has 1 aromatic heterocycles. The van der Waals surface area contributed by atoms with Crippen LogP contribution in [0.4, 0.5) is 14.5 Å². The number of anilines is 1. The summed E-state index contributed by atoms with van der Waals surface area (Å²) < 4.78 is 31.6. The quantitative estimate of drug-likeness (QED) is 0.798. The normalized spacial score (nSPS) is 10.5. The molecular weight excluding hydrogens is 290 g/mol. The lowest BCUT2D eigenvalue weighted by molar-refractivity contribution is 0.102. The van der Waals surface area contributed by atoms with Crippen molar-refractivity contribution in [1.82, 2.24) is 4.98 Å². The molecule has 4 nitrogen and oxygen atoms in total. The van der Waals surface area contributed by atoms with Crippen molar-refractivity contribution in [1.29, 1.82) is 0 Å². The highest BCUT2D eigenvalue weighted by Gasteiger charge is 2.15. The third-order valence-corrected chi connectivity index (χ3v) is 2.94. The van der Waals surface area contributed by atoms with Crippen LogP contribution in [0.1, 0.15) is 10.5 Å². The SMILES string of the molecule is O=C(Nc1ccc(F)cc1F)c1coc(-c2ccccc2)n1. The molecular formula is C16H10F2N2O2. The van der Waals surface area contributed by atoms with Crippen LogP contribution in [0.2, 0.25) is 0 Å². The Kier molecular flexibility index (Phi) is 3.65. The number of amides is 1. The zero-order chi connectivity index (χ0) is 15.5. The molecule has 0 aliphatic heterocycles. The van der Waals surface area contributed by atoms with Crippen molar-refractivity contribution in [3.63, 3.8) is 0 Å². The second-order valence-corrected chi connectivity index (χ2v) is 4.48. The second kappa shape index (κ2) is 5.77. The molecule has 0 radical (unpaired) electrons. The van der Waals surface area contributed by atoms with E-state index in [9.17, 15) is 13.6 Å². The number of nitrogens with one attached hydrogen (secondary N) is 1. The highest BCUT2D eigenvalue weighted by Crippen LogP contribution is 2.20. The Morgan fingerprint density at radius 2 is 1.86 bits per heavy atom. The topological polar surface area (TPSA) is 55.1 Å². The van der Waals surface area contributed by atoms with Crippen LogP contribution in [0.15, 0.2) is 59.2 Å². The van der Waals surface area contributed by atoms with Crippen LogP contribution in [-0.4, -0.2) is 10.9 Å². The molecule has 110 valence electrons. The Balaban J connectivity index is 1.80. The van der Waals surface area contributed by atoms with Gasteiger partial charge in [-0.05, 0) is 24.3 Å². The summed E-state index contributed by atoms with van der Waals surface area (Å²) in [4.78, 5) is 16.1. The summed E-state index contributed by atoms with van der Waals surface area (Å²) in [6.45, 7) is 0. The van der Waals surface area contributed by atoms with E-state index >= 15 is 0 Å². The van der Waals surface area contributed by atoms with Gasteiger partial charge >= 0.3 is 0 Å². The summed E-state index contributed by atoms with van der Waals surface area (Å²) in [6, 6.07) is 11.9. The van der Waals surface area contributed by atoms with Gasteiger partial charge in [-0.3, -0.25) is 4.79 Å². The van der Waals surface area contributed by atoms with E-state index in [0.717, 1.165) is 17.7 Å². The fourth-order valence-electron chi connectivity index (χ4n) is 1.87. The number of nitrogens with zero attached hydrogens (tertiary/aromatic N) is 1. The number of aromatic nitrogens is 1. The molecule has 0 unspecified atom stereocenters. The Morgan fingerprint density at radius 3 is 2.59 bits per heavy atom. The van der Waals surface area contributed by atoms with Crippen molar-refractivity contribution in [2.75, 3.05) is 5.32 Å². The van der Waals surface area contributed by atoms with Crippen LogP contribution in [0.5, 0.6) is 0 Å². The lowest BCUT2D eigenvalue weighted by Gasteiger charge is -2.03. The molecule has 1 amide bonds. The first kappa shape index (κ1) is 13.9. The van der Waals surface area contributed by atoms with Crippen molar-refractivity contribution < 1.29 is 18.0 Å². The van der Waals surface area contributed by atoms with Gasteiger partial charge in [-0.15, -0.1) is 0 Å². The maximum absolute atomic E-state index is 13.5. The summed E-state index contributed by atoms with van der Waals surface area (Å²) in [5, 5.41) is 2.32. The van der Waals surface area contributed by atoms with Gasteiger partial charge in [-0.2, -0.15) is 0 Å². The summed E-state index contributed by atoms with van der Waals surface area (Å²) >= 11 is 0. The van der Waals surface area contributed by atoms with Crippen molar-refractivity contribution in [3.05, 3.63) is 72.1 Å². The third-order valence-electron chi connectivity index (χ3n) is 2.94. The van der Waals surface area contributed by atoms with Crippen LogP contribution < -0.4 is 5.32 Å². The standard InChI is InChI=1S/C16H10F2N2O2/c17-11-6-7-13(12(18)8-11)19-15(21)14-9-22-16(20-14)10-4-2-1-3-5-10/h1-9H,(H,19,21). The Bertz CT molecular complexity index is 816. The molecule has 0 atom stereocenters. The third kappa shape index (κ3) is 2.85. The first-order chi connectivity index (χ1) is 10.6. The van der Waals surface area contributed by atoms with E-state index in [1.165, 1.54) is 6.26 Å². The highest BCUT2D eigenvalue weighted by molar-refractivity contribution is 6.02. The predicted octanol–water partition coefficient (Wildman–Crippen LogP) is 3.87. The van der Waals surface area contributed by atoms with Gasteiger partial charge in [-0.1, -0.05) is 18.2 Å². The van der Waals surface area contributed by atoms with E-state index < -0.39 is 17.5 Å². The largest absolute Gasteiger partial charge is 0.444 e. The average molecular weight is 300 g/mol. The smallest absolute Gasteiger partial charge is 0.277 e. The molecule has 0 saturated heterocycles. The van der Waals surface area contributed by atoms with E-state index in [4.69, 9.17) is 4.42 Å². The molecule has 6 heteroatoms. The van der Waals surface area contributed by atoms with E-state index in [2.05, 4.69) is 10.3 Å². The highest BCUT2D eigenvalue weighted by atomic mass is 19.1. The van der Waals surface area contributed by atoms with Gasteiger partial charge in [0.25, 0.3) is 5.91 Å². The van der Waals surface area contributed by atoms with Gasteiger partial charge in [0.2, 0.25) is 5.89 Å². The molecule has 0 fully saturated rings. The summed E-state index contributed by atoms with van der Waals surface area (Å²) in [5.74, 6) is -1.94. The van der Waals surface area contributed by atoms with Gasteiger partial charge in [0, 0.05) is 11.6 Å². The summed E-state index contributed by atoms with van der Waals surface area (Å²) in [7, 11) is 0. The number of halogens is 2. The van der Waals surface area contributed by atoms with Crippen molar-refractivity contribution in [2.24, 2.45) is 0 Å². The van der Waals surface area contributed by atoms with E-state index in [1.807, 2.05) is 18.2 Å². The molecule has 3 aromatic rings. The lowest BCUT2D eigenvalue weighted by atomic mass is 10.2. The maximum Gasteiger partial charge on any atom is 0.277 e. The molecule has 0 aliphatic rings. The molecule has 0 saturated carbocycles. The zero-order valence-electron chi connectivity index (χ0n) is 11.2. The number of hydrogen-bond donors (Lipinski definition) is 1. The van der Waals surface area contributed by atoms with Gasteiger partial charge in [-0.25, -0.2) is 13.8 Å². The maximum atomic E-state index is 13.5. The molecule has 0 bridgehead atoms. The van der Waals surface area contributed by atoms with Gasteiger partial charge < -0.3 is 9.73 Å². The Hall–Kier alpha value is -3.02. The van der Waals surface area contributed by atoms with Crippen molar-refractivity contribution >= 4 is 11.6 Å². The monoisotopic (exact) mass is 300 g/mol. The Morgan fingerprint density at radius 1 is 1.09 bits per heavy atom. The van der Waals surface area contributed by atoms with Crippen molar-refractivity contribution in [3.8, 4) is 11.5 Å². The lowest BCUT2D eigenvalue weighted by Crippen LogP contribution is -2.13. The molecule has 22 heavy (non-hydrogen) atoms. The minimum atomic E-state index is -0.861. The molecule has 0 aliphatic carbocycles. The zero-order valence-corrected chi connectivity index (χ0v) is 11.2. The van der Waals surface area contributed by atoms with Crippen LogP contribution >= 0.6 is 0 Å².